The summed E-state index contributed by atoms with van der Waals surface area (Å²) in [6.45, 7) is 4.34. The Hall–Kier alpha value is -3.48. The lowest BCUT2D eigenvalue weighted by molar-refractivity contribution is -0.134. The molecule has 1 aliphatic heterocycles. The minimum atomic E-state index is -0.525. The number of carbonyl (C=O) groups is 2. The van der Waals surface area contributed by atoms with Crippen LogP contribution in [-0.2, 0) is 9.53 Å². The number of esters is 1. The molecule has 0 saturated carbocycles. The van der Waals surface area contributed by atoms with Crippen LogP contribution in [0.2, 0.25) is 0 Å². The van der Waals surface area contributed by atoms with E-state index in [9.17, 15) is 9.59 Å². The molecule has 0 radical (unpaired) electrons. The highest BCUT2D eigenvalue weighted by Gasteiger charge is 2.24. The van der Waals surface area contributed by atoms with E-state index in [2.05, 4.69) is 4.98 Å². The number of fused-ring (bicyclic) bond motifs is 2. The standard InChI is InChI=1S/C23H24N2O5/c1-14-15(2)24-19-9-8-16(10-18(14)19)23(27)29-13-22(26)25(3)11-17-12-28-20-6-4-5-7-21(20)30-17/h4-10,17,24H,11-13H2,1-3H3. The normalized spacial score (nSPS) is 15.1. The van der Waals surface area contributed by atoms with E-state index in [-0.39, 0.29) is 18.6 Å². The van der Waals surface area contributed by atoms with Crippen LogP contribution in [0.5, 0.6) is 11.5 Å². The minimum Gasteiger partial charge on any atom is -0.486 e. The van der Waals surface area contributed by atoms with Crippen LogP contribution >= 0.6 is 0 Å². The van der Waals surface area contributed by atoms with E-state index in [1.54, 1.807) is 19.2 Å². The molecular weight excluding hydrogens is 384 g/mol. The minimum absolute atomic E-state index is 0.285. The van der Waals surface area contributed by atoms with E-state index in [4.69, 9.17) is 14.2 Å². The Morgan fingerprint density at radius 2 is 1.93 bits per heavy atom. The average molecular weight is 408 g/mol. The number of para-hydroxylation sites is 2. The summed E-state index contributed by atoms with van der Waals surface area (Å²) >= 11 is 0. The van der Waals surface area contributed by atoms with Gasteiger partial charge >= 0.3 is 5.97 Å². The monoisotopic (exact) mass is 408 g/mol. The maximum Gasteiger partial charge on any atom is 0.338 e. The van der Waals surface area contributed by atoms with Crippen molar-refractivity contribution in [2.24, 2.45) is 0 Å². The Morgan fingerprint density at radius 3 is 2.73 bits per heavy atom. The molecule has 0 bridgehead atoms. The summed E-state index contributed by atoms with van der Waals surface area (Å²) in [6, 6.07) is 12.7. The second kappa shape index (κ2) is 8.10. The fourth-order valence-electron chi connectivity index (χ4n) is 3.47. The Balaban J connectivity index is 1.32. The van der Waals surface area contributed by atoms with Crippen molar-refractivity contribution in [3.63, 3.8) is 0 Å². The maximum atomic E-state index is 12.4. The molecule has 30 heavy (non-hydrogen) atoms. The summed E-state index contributed by atoms with van der Waals surface area (Å²) in [6.07, 6.45) is -0.285. The SMILES string of the molecule is Cc1[nH]c2ccc(C(=O)OCC(=O)N(C)CC3COc4ccccc4O3)cc2c1C. The van der Waals surface area contributed by atoms with Gasteiger partial charge in [-0.1, -0.05) is 12.1 Å². The number of aryl methyl sites for hydroxylation is 2. The number of H-pyrrole nitrogens is 1. The number of benzene rings is 2. The lowest BCUT2D eigenvalue weighted by Gasteiger charge is -2.29. The van der Waals surface area contributed by atoms with Crippen LogP contribution in [0.25, 0.3) is 10.9 Å². The first-order chi connectivity index (χ1) is 14.4. The Kier molecular flexibility index (Phi) is 5.35. The van der Waals surface area contributed by atoms with Gasteiger partial charge in [-0.05, 0) is 49.7 Å². The lowest BCUT2D eigenvalue weighted by atomic mass is 10.1. The van der Waals surface area contributed by atoms with Crippen molar-refractivity contribution < 1.29 is 23.8 Å². The molecule has 3 aromatic rings. The number of hydrogen-bond acceptors (Lipinski definition) is 5. The number of amides is 1. The van der Waals surface area contributed by atoms with Crippen LogP contribution in [0.3, 0.4) is 0 Å². The Bertz CT molecular complexity index is 1100. The molecule has 1 amide bonds. The van der Waals surface area contributed by atoms with Crippen molar-refractivity contribution in [2.75, 3.05) is 26.8 Å². The third-order valence-corrected chi connectivity index (χ3v) is 5.34. The smallest absolute Gasteiger partial charge is 0.338 e. The molecule has 7 heteroatoms. The summed E-state index contributed by atoms with van der Waals surface area (Å²) in [4.78, 5) is 29.6. The summed E-state index contributed by atoms with van der Waals surface area (Å²) in [5.41, 5.74) is 3.53. The van der Waals surface area contributed by atoms with Crippen LogP contribution in [-0.4, -0.2) is 54.7 Å². The molecule has 1 unspecified atom stereocenters. The zero-order valence-corrected chi connectivity index (χ0v) is 17.2. The molecule has 0 fully saturated rings. The highest BCUT2D eigenvalue weighted by atomic mass is 16.6. The van der Waals surface area contributed by atoms with E-state index >= 15 is 0 Å². The predicted octanol–water partition coefficient (Wildman–Crippen LogP) is 3.24. The molecule has 0 aliphatic carbocycles. The van der Waals surface area contributed by atoms with Gasteiger partial charge in [0.25, 0.3) is 5.91 Å². The van der Waals surface area contributed by atoms with Gasteiger partial charge in [0.15, 0.2) is 24.2 Å². The second-order valence-corrected chi connectivity index (χ2v) is 7.48. The number of aromatic amines is 1. The number of aromatic nitrogens is 1. The van der Waals surface area contributed by atoms with Crippen LogP contribution in [0.4, 0.5) is 0 Å². The van der Waals surface area contributed by atoms with Gasteiger partial charge in [-0.3, -0.25) is 4.79 Å². The molecule has 0 saturated heterocycles. The number of ether oxygens (including phenoxy) is 3. The van der Waals surface area contributed by atoms with Gasteiger partial charge < -0.3 is 24.1 Å². The topological polar surface area (TPSA) is 80.9 Å². The molecule has 1 N–H and O–H groups in total. The summed E-state index contributed by atoms with van der Waals surface area (Å²) in [5.74, 6) is 0.525. The van der Waals surface area contributed by atoms with Crippen molar-refractivity contribution in [1.29, 1.82) is 0 Å². The van der Waals surface area contributed by atoms with E-state index in [1.807, 2.05) is 44.2 Å². The molecular formula is C23H24N2O5. The molecule has 0 spiro atoms. The van der Waals surface area contributed by atoms with Crippen molar-refractivity contribution >= 4 is 22.8 Å². The van der Waals surface area contributed by atoms with Crippen molar-refractivity contribution in [3.8, 4) is 11.5 Å². The van der Waals surface area contributed by atoms with Gasteiger partial charge in [0, 0.05) is 23.6 Å². The fraction of sp³-hybridized carbons (Fsp3) is 0.304. The van der Waals surface area contributed by atoms with E-state index in [0.717, 1.165) is 22.2 Å². The number of rotatable bonds is 5. The van der Waals surface area contributed by atoms with Crippen LogP contribution in [0.15, 0.2) is 42.5 Å². The number of carbonyl (C=O) groups excluding carboxylic acids is 2. The van der Waals surface area contributed by atoms with Gasteiger partial charge in [0.05, 0.1) is 12.1 Å². The van der Waals surface area contributed by atoms with E-state index in [0.29, 0.717) is 30.2 Å². The summed E-state index contributed by atoms with van der Waals surface area (Å²) < 4.78 is 16.8. The maximum absolute atomic E-state index is 12.4. The first-order valence-electron chi connectivity index (χ1n) is 9.81. The zero-order chi connectivity index (χ0) is 21.3. The third kappa shape index (κ3) is 3.96. The van der Waals surface area contributed by atoms with E-state index in [1.165, 1.54) is 4.90 Å². The summed E-state index contributed by atoms with van der Waals surface area (Å²) in [5, 5.41) is 0.972. The molecule has 1 aromatic heterocycles. The molecule has 4 rings (SSSR count). The Labute approximate surface area is 174 Å². The predicted molar refractivity (Wildman–Crippen MR) is 112 cm³/mol. The van der Waals surface area contributed by atoms with E-state index < -0.39 is 5.97 Å². The van der Waals surface area contributed by atoms with Gasteiger partial charge in [0.2, 0.25) is 0 Å². The molecule has 1 atom stereocenters. The highest BCUT2D eigenvalue weighted by Crippen LogP contribution is 2.31. The first kappa shape index (κ1) is 19.8. The number of hydrogen-bond donors (Lipinski definition) is 1. The van der Waals surface area contributed by atoms with Gasteiger partial charge in [-0.15, -0.1) is 0 Å². The van der Waals surface area contributed by atoms with Crippen molar-refractivity contribution in [3.05, 3.63) is 59.3 Å². The zero-order valence-electron chi connectivity index (χ0n) is 17.2. The number of nitrogens with zero attached hydrogens (tertiary/aromatic N) is 1. The molecule has 7 nitrogen and oxygen atoms in total. The second-order valence-electron chi connectivity index (χ2n) is 7.48. The quantitative estimate of drug-likeness (QED) is 0.656. The van der Waals surface area contributed by atoms with Crippen molar-refractivity contribution in [1.82, 2.24) is 9.88 Å². The van der Waals surface area contributed by atoms with Gasteiger partial charge in [-0.2, -0.15) is 0 Å². The van der Waals surface area contributed by atoms with Gasteiger partial charge in [-0.25, -0.2) is 4.79 Å². The van der Waals surface area contributed by atoms with Gasteiger partial charge in [0.1, 0.15) is 6.61 Å². The first-order valence-corrected chi connectivity index (χ1v) is 9.81. The molecule has 156 valence electrons. The Morgan fingerprint density at radius 1 is 1.17 bits per heavy atom. The van der Waals surface area contributed by atoms with Crippen LogP contribution < -0.4 is 9.47 Å². The fourth-order valence-corrected chi connectivity index (χ4v) is 3.47. The summed E-state index contributed by atoms with van der Waals surface area (Å²) in [7, 11) is 1.65. The molecule has 2 heterocycles. The molecule has 1 aliphatic rings. The van der Waals surface area contributed by atoms with Crippen LogP contribution in [0, 0.1) is 13.8 Å². The highest BCUT2D eigenvalue weighted by molar-refractivity contribution is 5.96. The molecule has 2 aromatic carbocycles. The third-order valence-electron chi connectivity index (χ3n) is 5.34. The van der Waals surface area contributed by atoms with Crippen molar-refractivity contribution in [2.45, 2.75) is 20.0 Å². The van der Waals surface area contributed by atoms with Crippen LogP contribution in [0.1, 0.15) is 21.6 Å². The lowest BCUT2D eigenvalue weighted by Crippen LogP contribution is -2.43. The average Bonchev–Trinajstić information content (AvgIpc) is 3.04. The number of nitrogens with one attached hydrogen (secondary N) is 1. The largest absolute Gasteiger partial charge is 0.486 e. The number of likely N-dealkylation sites (N-methyl/N-ethyl adjacent to an activating group) is 1.